The number of ether oxygens (including phenoxy) is 1. The van der Waals surface area contributed by atoms with Crippen LogP contribution in [0.15, 0.2) is 51.7 Å². The Bertz CT molecular complexity index is 1030. The summed E-state index contributed by atoms with van der Waals surface area (Å²) in [5, 5.41) is 1.77. The molecule has 3 aromatic rings. The molecule has 2 aromatic carbocycles. The van der Waals surface area contributed by atoms with Crippen molar-refractivity contribution in [3.8, 4) is 5.75 Å². The fraction of sp³-hybridized carbons (Fsp3) is 0.348. The van der Waals surface area contributed by atoms with Crippen LogP contribution in [0.1, 0.15) is 36.5 Å². The maximum absolute atomic E-state index is 12.1. The molecule has 5 heteroatoms. The zero-order valence-corrected chi connectivity index (χ0v) is 16.8. The Morgan fingerprint density at radius 1 is 1.11 bits per heavy atom. The zero-order valence-electron chi connectivity index (χ0n) is 16.0. The summed E-state index contributed by atoms with van der Waals surface area (Å²) in [6.45, 7) is 4.26. The molecular formula is C23H24ClNO3. The van der Waals surface area contributed by atoms with Crippen LogP contribution in [0, 0.1) is 0 Å². The minimum atomic E-state index is -0.287. The SMILES string of the molecule is CCCCc1cc(=O)oc2c3c(ccc12)OCN(CCc1ccc(Cl)cc1)C3. The second-order valence-electron chi connectivity index (χ2n) is 7.32. The first kappa shape index (κ1) is 19.0. The van der Waals surface area contributed by atoms with Gasteiger partial charge in [-0.1, -0.05) is 37.1 Å². The molecule has 0 aliphatic carbocycles. The normalized spacial score (nSPS) is 14.1. The fourth-order valence-electron chi connectivity index (χ4n) is 3.70. The first-order chi connectivity index (χ1) is 13.6. The topological polar surface area (TPSA) is 42.7 Å². The highest BCUT2D eigenvalue weighted by molar-refractivity contribution is 6.30. The van der Waals surface area contributed by atoms with Gasteiger partial charge in [-0.25, -0.2) is 4.79 Å². The number of nitrogens with zero attached hydrogens (tertiary/aromatic N) is 1. The largest absolute Gasteiger partial charge is 0.478 e. The quantitative estimate of drug-likeness (QED) is 0.537. The number of aryl methyl sites for hydroxylation is 1. The van der Waals surface area contributed by atoms with Crippen molar-refractivity contribution in [1.29, 1.82) is 0 Å². The van der Waals surface area contributed by atoms with E-state index < -0.39 is 0 Å². The molecule has 0 saturated carbocycles. The van der Waals surface area contributed by atoms with Gasteiger partial charge >= 0.3 is 5.63 Å². The van der Waals surface area contributed by atoms with Crippen LogP contribution in [-0.2, 0) is 19.4 Å². The number of hydrogen-bond acceptors (Lipinski definition) is 4. The number of benzene rings is 2. The number of rotatable bonds is 6. The highest BCUT2D eigenvalue weighted by Gasteiger charge is 2.22. The molecular weight excluding hydrogens is 374 g/mol. The molecule has 0 radical (unpaired) electrons. The smallest absolute Gasteiger partial charge is 0.336 e. The maximum Gasteiger partial charge on any atom is 0.336 e. The van der Waals surface area contributed by atoms with Gasteiger partial charge in [-0.05, 0) is 54.7 Å². The standard InChI is InChI=1S/C23H24ClNO3/c1-2-3-4-17-13-22(26)28-23-19(17)9-10-21-20(23)14-25(15-27-21)12-11-16-5-7-18(24)8-6-16/h5-10,13H,2-4,11-12,14-15H2,1H3. The molecule has 0 N–H and O–H groups in total. The van der Waals surface area contributed by atoms with E-state index in [1.54, 1.807) is 6.07 Å². The van der Waals surface area contributed by atoms with Crippen molar-refractivity contribution in [2.45, 2.75) is 39.2 Å². The second kappa shape index (κ2) is 8.38. The predicted molar refractivity (Wildman–Crippen MR) is 112 cm³/mol. The molecule has 0 spiro atoms. The van der Waals surface area contributed by atoms with Gasteiger partial charge in [0.05, 0.1) is 5.56 Å². The lowest BCUT2D eigenvalue weighted by atomic mass is 10.0. The van der Waals surface area contributed by atoms with Crippen LogP contribution in [0.3, 0.4) is 0 Å². The van der Waals surface area contributed by atoms with Gasteiger partial charge in [-0.15, -0.1) is 0 Å². The van der Waals surface area contributed by atoms with Crippen molar-refractivity contribution >= 4 is 22.6 Å². The first-order valence-corrected chi connectivity index (χ1v) is 10.2. The molecule has 1 aliphatic rings. The Kier molecular flexibility index (Phi) is 5.69. The molecule has 1 aliphatic heterocycles. The van der Waals surface area contributed by atoms with Gasteiger partial charge in [0.2, 0.25) is 0 Å². The van der Waals surface area contributed by atoms with Crippen molar-refractivity contribution < 1.29 is 9.15 Å². The minimum Gasteiger partial charge on any atom is -0.478 e. The molecule has 0 saturated heterocycles. The third-order valence-electron chi connectivity index (χ3n) is 5.27. The average molecular weight is 398 g/mol. The third-order valence-corrected chi connectivity index (χ3v) is 5.52. The number of fused-ring (bicyclic) bond motifs is 3. The van der Waals surface area contributed by atoms with Crippen molar-refractivity contribution in [2.75, 3.05) is 13.3 Å². The molecule has 4 rings (SSSR count). The van der Waals surface area contributed by atoms with Crippen molar-refractivity contribution in [3.05, 3.63) is 74.6 Å². The summed E-state index contributed by atoms with van der Waals surface area (Å²) in [5.74, 6) is 0.811. The number of unbranched alkanes of at least 4 members (excludes halogenated alkanes) is 1. The summed E-state index contributed by atoms with van der Waals surface area (Å²) in [6.07, 6.45) is 3.94. The first-order valence-electron chi connectivity index (χ1n) is 9.82. The van der Waals surface area contributed by atoms with E-state index >= 15 is 0 Å². The fourth-order valence-corrected chi connectivity index (χ4v) is 3.83. The van der Waals surface area contributed by atoms with Crippen LogP contribution in [-0.4, -0.2) is 18.2 Å². The Labute approximate surface area is 169 Å². The van der Waals surface area contributed by atoms with Crippen LogP contribution in [0.2, 0.25) is 5.02 Å². The van der Waals surface area contributed by atoms with E-state index in [1.807, 2.05) is 24.3 Å². The Balaban J connectivity index is 1.58. The molecule has 0 bridgehead atoms. The van der Waals surface area contributed by atoms with Crippen LogP contribution in [0.25, 0.3) is 11.0 Å². The van der Waals surface area contributed by atoms with E-state index in [2.05, 4.69) is 24.0 Å². The van der Waals surface area contributed by atoms with Crippen LogP contribution in [0.5, 0.6) is 5.75 Å². The predicted octanol–water partition coefficient (Wildman–Crippen LogP) is 5.18. The molecule has 0 amide bonds. The molecule has 146 valence electrons. The molecule has 1 aromatic heterocycles. The Hall–Kier alpha value is -2.30. The van der Waals surface area contributed by atoms with Gasteiger partial charge in [0.25, 0.3) is 0 Å². The summed E-state index contributed by atoms with van der Waals surface area (Å²) < 4.78 is 11.6. The maximum atomic E-state index is 12.1. The van der Waals surface area contributed by atoms with Crippen LogP contribution in [0.4, 0.5) is 0 Å². The Morgan fingerprint density at radius 3 is 2.71 bits per heavy atom. The summed E-state index contributed by atoms with van der Waals surface area (Å²) in [4.78, 5) is 14.4. The summed E-state index contributed by atoms with van der Waals surface area (Å²) in [5.41, 5.74) is 3.66. The summed E-state index contributed by atoms with van der Waals surface area (Å²) >= 11 is 5.96. The van der Waals surface area contributed by atoms with Crippen molar-refractivity contribution in [1.82, 2.24) is 4.90 Å². The zero-order chi connectivity index (χ0) is 19.5. The molecule has 0 fully saturated rings. The number of hydrogen-bond donors (Lipinski definition) is 0. The van der Waals surface area contributed by atoms with E-state index in [0.717, 1.165) is 59.5 Å². The van der Waals surface area contributed by atoms with E-state index in [4.69, 9.17) is 20.8 Å². The molecule has 4 nitrogen and oxygen atoms in total. The monoisotopic (exact) mass is 397 g/mol. The van der Waals surface area contributed by atoms with Gasteiger partial charge in [0.1, 0.15) is 18.1 Å². The van der Waals surface area contributed by atoms with E-state index in [0.29, 0.717) is 18.9 Å². The molecule has 28 heavy (non-hydrogen) atoms. The van der Waals surface area contributed by atoms with Gasteiger partial charge in [0.15, 0.2) is 0 Å². The average Bonchev–Trinajstić information content (AvgIpc) is 2.71. The number of halogens is 1. The summed E-state index contributed by atoms with van der Waals surface area (Å²) in [7, 11) is 0. The van der Waals surface area contributed by atoms with E-state index in [-0.39, 0.29) is 5.63 Å². The van der Waals surface area contributed by atoms with Crippen LogP contribution < -0.4 is 10.4 Å². The lowest BCUT2D eigenvalue weighted by Crippen LogP contribution is -2.33. The van der Waals surface area contributed by atoms with Crippen molar-refractivity contribution in [3.63, 3.8) is 0 Å². The summed E-state index contributed by atoms with van der Waals surface area (Å²) in [6, 6.07) is 13.6. The van der Waals surface area contributed by atoms with Crippen LogP contribution >= 0.6 is 11.6 Å². The minimum absolute atomic E-state index is 0.287. The molecule has 0 unspecified atom stereocenters. The lowest BCUT2D eigenvalue weighted by Gasteiger charge is -2.29. The van der Waals surface area contributed by atoms with E-state index in [9.17, 15) is 4.79 Å². The van der Waals surface area contributed by atoms with Gasteiger partial charge in [0, 0.05) is 29.6 Å². The Morgan fingerprint density at radius 2 is 1.93 bits per heavy atom. The van der Waals surface area contributed by atoms with E-state index in [1.165, 1.54) is 5.56 Å². The van der Waals surface area contributed by atoms with Gasteiger partial charge in [-0.3, -0.25) is 4.90 Å². The third kappa shape index (κ3) is 4.08. The highest BCUT2D eigenvalue weighted by Crippen LogP contribution is 2.33. The van der Waals surface area contributed by atoms with Gasteiger partial charge < -0.3 is 9.15 Å². The highest BCUT2D eigenvalue weighted by atomic mass is 35.5. The lowest BCUT2D eigenvalue weighted by molar-refractivity contribution is 0.0968. The molecule has 0 atom stereocenters. The van der Waals surface area contributed by atoms with Gasteiger partial charge in [-0.2, -0.15) is 0 Å². The van der Waals surface area contributed by atoms with Crippen molar-refractivity contribution in [2.24, 2.45) is 0 Å². The second-order valence-corrected chi connectivity index (χ2v) is 7.75. The molecule has 2 heterocycles.